The van der Waals surface area contributed by atoms with Crippen LogP contribution < -0.4 is 0 Å². The third-order valence-corrected chi connectivity index (χ3v) is 28.9. The zero-order valence-electron chi connectivity index (χ0n) is 66.4. The number of rotatable bonds is 6. The predicted octanol–water partition coefficient (Wildman–Crippen LogP) is 34.2. The first-order valence-corrected chi connectivity index (χ1v) is 44.4. The molecular weight excluding hydrogens is 1540 g/mol. The van der Waals surface area contributed by atoms with Crippen LogP contribution in [0.4, 0.5) is 0 Å². The van der Waals surface area contributed by atoms with Crippen LogP contribution in [-0.4, -0.2) is 15.0 Å². The molecule has 0 unspecified atom stereocenters. The van der Waals surface area contributed by atoms with E-state index < -0.39 is 0 Å². The molecule has 0 fully saturated rings. The largest absolute Gasteiger partial charge is 0.255 e. The van der Waals surface area contributed by atoms with Crippen molar-refractivity contribution < 1.29 is 0 Å². The first-order valence-electron chi connectivity index (χ1n) is 41.9. The van der Waals surface area contributed by atoms with Crippen LogP contribution in [0.3, 0.4) is 0 Å². The van der Waals surface area contributed by atoms with Crippen molar-refractivity contribution in [1.29, 1.82) is 0 Å². The van der Waals surface area contributed by atoms with Gasteiger partial charge in [-0.15, -0.1) is 34.0 Å². The van der Waals surface area contributed by atoms with E-state index >= 15 is 0 Å². The van der Waals surface area contributed by atoms with E-state index in [1.165, 1.54) is 201 Å². The highest BCUT2D eigenvalue weighted by molar-refractivity contribution is 7.27. The molecule has 0 amide bonds. The Morgan fingerprint density at radius 2 is 0.390 bits per heavy atom. The Labute approximate surface area is 719 Å². The maximum absolute atomic E-state index is 5.55. The van der Waals surface area contributed by atoms with Gasteiger partial charge in [0.25, 0.3) is 0 Å². The van der Waals surface area contributed by atoms with Gasteiger partial charge in [-0.2, -0.15) is 0 Å². The zero-order valence-corrected chi connectivity index (χ0v) is 68.9. The lowest BCUT2D eigenvalue weighted by Crippen LogP contribution is -1.91. The van der Waals surface area contributed by atoms with E-state index in [-0.39, 0.29) is 0 Å². The van der Waals surface area contributed by atoms with Crippen molar-refractivity contribution in [2.75, 3.05) is 0 Å². The van der Waals surface area contributed by atoms with E-state index in [2.05, 4.69) is 413 Å². The Morgan fingerprint density at radius 3 is 0.780 bits per heavy atom. The second-order valence-corrected chi connectivity index (χ2v) is 35.4. The van der Waals surface area contributed by atoms with Gasteiger partial charge >= 0.3 is 0 Å². The molecule has 6 aromatic heterocycles. The number of hydrogen-bond donors (Lipinski definition) is 0. The predicted molar refractivity (Wildman–Crippen MR) is 534 cm³/mol. The highest BCUT2D eigenvalue weighted by atomic mass is 32.1. The Morgan fingerprint density at radius 1 is 0.138 bits per heavy atom. The van der Waals surface area contributed by atoms with E-state index in [1.54, 1.807) is 11.3 Å². The van der Waals surface area contributed by atoms with Gasteiger partial charge in [0.2, 0.25) is 0 Å². The highest BCUT2D eigenvalue weighted by Gasteiger charge is 2.22. The maximum Gasteiger partial charge on any atom is 0.0888 e. The average molecular weight is 1610 g/mol. The molecule has 0 atom stereocenters. The van der Waals surface area contributed by atoms with E-state index in [1.807, 2.05) is 28.9 Å². The summed E-state index contributed by atoms with van der Waals surface area (Å²) < 4.78 is 7.59. The topological polar surface area (TPSA) is 38.7 Å². The number of nitrogens with zero attached hydrogens (tertiary/aromatic N) is 3. The number of pyridine rings is 3. The Kier molecular flexibility index (Phi) is 16.6. The summed E-state index contributed by atoms with van der Waals surface area (Å²) in [7, 11) is 0. The molecule has 21 aromatic carbocycles. The molecule has 6 heterocycles. The molecule has 27 aromatic rings. The quantitative estimate of drug-likeness (QED) is 0.156. The molecule has 0 spiro atoms. The normalized spacial score (nSPS) is 11.9. The number of fused-ring (bicyclic) bond motifs is 33. The van der Waals surface area contributed by atoms with Gasteiger partial charge in [0.1, 0.15) is 0 Å². The summed E-state index contributed by atoms with van der Waals surface area (Å²) in [5, 5.41) is 38.5. The van der Waals surface area contributed by atoms with Gasteiger partial charge in [-0.05, 0) is 207 Å². The standard InChI is InChI=1S/C47H27NS.2C35H21NS/c1-3-15-34-30(11-1)32-13-5-7-17-36(32)41-25-28(21-23-38(34)41)44-27-43-40-19-9-10-20-45(40)49-47(43)46(48-44)29-22-24-39-35-16-4-2-12-31(35)33-14-6-8-18-37(33)42(39)26-29;1-2-12-27-25(10-1)26-11-3-4-13-28(26)31-19-23(16-17-29(27)31)22-8-7-9-24(18-22)33-20-32-30-14-5-6-15-34(30)37-35(32)21-36-33;1-2-10-22(11-3-1)34-35-31(29-16-8-9-17-33(29)37-35)21-32(36-34)23-18-19-28-26-14-5-4-12-24(26)25-13-6-7-15-27(25)30(28)20-23/h1-27H;2*1-21H. The molecule has 6 heteroatoms. The summed E-state index contributed by atoms with van der Waals surface area (Å²) in [6.07, 6.45) is 2.02. The summed E-state index contributed by atoms with van der Waals surface area (Å²) in [4.78, 5) is 15.7. The lowest BCUT2D eigenvalue weighted by Gasteiger charge is -2.14. The molecule has 0 saturated heterocycles. The van der Waals surface area contributed by atoms with E-state index in [0.717, 1.165) is 56.3 Å². The summed E-state index contributed by atoms with van der Waals surface area (Å²) in [6, 6.07) is 150. The van der Waals surface area contributed by atoms with Crippen molar-refractivity contribution in [2.45, 2.75) is 0 Å². The van der Waals surface area contributed by atoms with Crippen molar-refractivity contribution in [2.24, 2.45) is 0 Å². The van der Waals surface area contributed by atoms with Crippen LogP contribution in [-0.2, 0) is 0 Å². The highest BCUT2D eigenvalue weighted by Crippen LogP contribution is 2.49. The van der Waals surface area contributed by atoms with Crippen LogP contribution in [0.1, 0.15) is 0 Å². The van der Waals surface area contributed by atoms with E-state index in [0.29, 0.717) is 0 Å². The second-order valence-electron chi connectivity index (χ2n) is 32.2. The number of benzene rings is 21. The number of hydrogen-bond acceptors (Lipinski definition) is 6. The van der Waals surface area contributed by atoms with Gasteiger partial charge in [0, 0.05) is 80.4 Å². The lowest BCUT2D eigenvalue weighted by atomic mass is 9.91. The van der Waals surface area contributed by atoms with E-state index in [4.69, 9.17) is 15.0 Å². The SMILES string of the molecule is c1cc(-c2ccc3c4ccccc4c4ccccc4c3c2)cc(-c2cc3c(cn2)sc2ccccc23)c1.c1ccc(-c2nc(-c3ccc4c5ccccc5c5ccccc5c4c3)cc3c2sc2ccccc23)cc1.c1ccc2c(c1)sc1c(-c3ccc4c5ccccc5c5ccccc5c4c3)nc(-c3ccc4c5ccccc5c5ccccc5c4c3)cc12. The molecular formula is C117H69N3S3. The average Bonchev–Trinajstić information content (AvgIpc) is 1.63. The number of aromatic nitrogens is 3. The fraction of sp³-hybridized carbons (Fsp3) is 0. The summed E-state index contributed by atoms with van der Waals surface area (Å²) in [5.41, 5.74) is 13.2. The maximum atomic E-state index is 5.55. The van der Waals surface area contributed by atoms with Gasteiger partial charge < -0.3 is 0 Å². The fourth-order valence-corrected chi connectivity index (χ4v) is 23.1. The van der Waals surface area contributed by atoms with Crippen molar-refractivity contribution >= 4 is 224 Å². The Bertz CT molecular complexity index is 8970. The third kappa shape index (κ3) is 11.7. The summed E-state index contributed by atoms with van der Waals surface area (Å²) >= 11 is 5.48. The molecule has 570 valence electrons. The van der Waals surface area contributed by atoms with Crippen LogP contribution in [0, 0.1) is 0 Å². The second kappa shape index (κ2) is 28.8. The first-order chi connectivity index (χ1) is 61.0. The number of thiophene rings is 3. The van der Waals surface area contributed by atoms with Crippen LogP contribution in [0.25, 0.3) is 257 Å². The van der Waals surface area contributed by atoms with Crippen LogP contribution in [0.2, 0.25) is 0 Å². The summed E-state index contributed by atoms with van der Waals surface area (Å²) in [6.45, 7) is 0. The van der Waals surface area contributed by atoms with Crippen molar-refractivity contribution in [3.8, 4) is 67.4 Å². The monoisotopic (exact) mass is 1610 g/mol. The van der Waals surface area contributed by atoms with E-state index in [9.17, 15) is 0 Å². The molecule has 0 saturated carbocycles. The molecule has 123 heavy (non-hydrogen) atoms. The Hall–Kier alpha value is -15.2. The molecule has 27 rings (SSSR count). The minimum atomic E-state index is 0.994. The van der Waals surface area contributed by atoms with Crippen LogP contribution in [0.15, 0.2) is 419 Å². The van der Waals surface area contributed by atoms with Gasteiger partial charge in [-0.1, -0.05) is 346 Å². The first kappa shape index (κ1) is 70.8. The molecule has 0 radical (unpaired) electrons. The van der Waals surface area contributed by atoms with Gasteiger partial charge in [-0.25, -0.2) is 9.97 Å². The fourth-order valence-electron chi connectivity index (χ4n) is 19.7. The molecule has 0 bridgehead atoms. The van der Waals surface area contributed by atoms with Crippen molar-refractivity contribution in [1.82, 2.24) is 15.0 Å². The van der Waals surface area contributed by atoms with Gasteiger partial charge in [0.15, 0.2) is 0 Å². The molecule has 0 aliphatic heterocycles. The van der Waals surface area contributed by atoms with Gasteiger partial charge in [-0.3, -0.25) is 4.98 Å². The minimum absolute atomic E-state index is 0.994. The van der Waals surface area contributed by atoms with Crippen LogP contribution >= 0.6 is 34.0 Å². The zero-order chi connectivity index (χ0) is 80.7. The van der Waals surface area contributed by atoms with Gasteiger partial charge in [0.05, 0.1) is 42.6 Å². The minimum Gasteiger partial charge on any atom is -0.255 e. The van der Waals surface area contributed by atoms with Crippen molar-refractivity contribution in [3.05, 3.63) is 419 Å². The molecule has 3 nitrogen and oxygen atoms in total. The Balaban J connectivity index is 0.000000103. The molecule has 0 aliphatic rings. The van der Waals surface area contributed by atoms with Crippen molar-refractivity contribution in [3.63, 3.8) is 0 Å². The molecule has 0 N–H and O–H groups in total. The summed E-state index contributed by atoms with van der Waals surface area (Å²) in [5.74, 6) is 0. The third-order valence-electron chi connectivity index (χ3n) is 25.4. The smallest absolute Gasteiger partial charge is 0.0888 e. The lowest BCUT2D eigenvalue weighted by molar-refractivity contribution is 1.36. The molecule has 0 aliphatic carbocycles. The van der Waals surface area contributed by atoms with Crippen LogP contribution in [0.5, 0.6) is 0 Å².